The molecular formula is C36H46ClN8O4P. The number of para-hydroxylation sites is 1. The number of imidazole rings is 1. The Morgan fingerprint density at radius 2 is 1.56 bits per heavy atom. The van der Waals surface area contributed by atoms with Gasteiger partial charge in [0.25, 0.3) is 0 Å². The molecule has 6 N–H and O–H groups in total. The highest BCUT2D eigenvalue weighted by Crippen LogP contribution is 2.44. The van der Waals surface area contributed by atoms with Crippen LogP contribution in [0, 0.1) is 0 Å². The molecule has 6 rings (SSSR count). The van der Waals surface area contributed by atoms with Crippen molar-refractivity contribution in [1.82, 2.24) is 24.6 Å². The normalized spacial score (nSPS) is 14.7. The summed E-state index contributed by atoms with van der Waals surface area (Å²) in [5.41, 5.74) is 15.1. The summed E-state index contributed by atoms with van der Waals surface area (Å²) in [4.78, 5) is 25.6. The third-order valence-corrected chi connectivity index (χ3v) is 9.39. The number of nitrogens with one attached hydrogen (secondary N) is 2. The van der Waals surface area contributed by atoms with Crippen LogP contribution >= 0.6 is 19.9 Å². The number of Topliss-reactive ketones (excluding diaryl/α,β-unsaturated/α-hetero) is 1. The van der Waals surface area contributed by atoms with Crippen molar-refractivity contribution in [3.63, 3.8) is 0 Å². The molecule has 12 nitrogen and oxygen atoms in total. The van der Waals surface area contributed by atoms with E-state index < -0.39 is 13.6 Å². The van der Waals surface area contributed by atoms with Crippen molar-refractivity contribution in [2.24, 2.45) is 5.73 Å². The van der Waals surface area contributed by atoms with Crippen LogP contribution in [0.25, 0.3) is 11.2 Å². The fourth-order valence-corrected chi connectivity index (χ4v) is 6.85. The number of ketones is 1. The molecule has 1 unspecified atom stereocenters. The van der Waals surface area contributed by atoms with Crippen LogP contribution in [-0.4, -0.2) is 56.4 Å². The molecule has 0 spiro atoms. The topological polar surface area (TPSA) is 172 Å². The number of hydrogen-bond acceptors (Lipinski definition) is 10. The summed E-state index contributed by atoms with van der Waals surface area (Å²) < 4.78 is 27.6. The van der Waals surface area contributed by atoms with Gasteiger partial charge in [-0.3, -0.25) is 9.36 Å². The van der Waals surface area contributed by atoms with E-state index in [1.165, 1.54) is 12.5 Å². The molecule has 1 aliphatic rings. The molecule has 0 aliphatic heterocycles. The summed E-state index contributed by atoms with van der Waals surface area (Å²) in [6, 6.07) is 28.7. The molecule has 14 heteroatoms. The van der Waals surface area contributed by atoms with Gasteiger partial charge in [-0.05, 0) is 62.8 Å². The number of fused-ring (bicyclic) bond motifs is 1. The van der Waals surface area contributed by atoms with E-state index in [2.05, 4.69) is 37.5 Å². The highest BCUT2D eigenvalue weighted by Gasteiger charge is 2.31. The Morgan fingerprint density at radius 1 is 0.960 bits per heavy atom. The zero-order chi connectivity index (χ0) is 34.6. The van der Waals surface area contributed by atoms with Crippen molar-refractivity contribution in [3.8, 4) is 5.75 Å². The van der Waals surface area contributed by atoms with Crippen LogP contribution in [0.4, 0.5) is 11.8 Å². The maximum atomic E-state index is 14.0. The second kappa shape index (κ2) is 18.6. The molecule has 0 bridgehead atoms. The minimum absolute atomic E-state index is 0. The van der Waals surface area contributed by atoms with Gasteiger partial charge in [0.2, 0.25) is 5.95 Å². The summed E-state index contributed by atoms with van der Waals surface area (Å²) in [7, 11) is -3.64. The lowest BCUT2D eigenvalue weighted by Crippen LogP contribution is -2.37. The lowest BCUT2D eigenvalue weighted by molar-refractivity contribution is -0.118. The smallest absolute Gasteiger partial charge is 0.342 e. The van der Waals surface area contributed by atoms with E-state index in [0.717, 1.165) is 24.8 Å². The van der Waals surface area contributed by atoms with E-state index in [0.29, 0.717) is 41.7 Å². The van der Waals surface area contributed by atoms with E-state index in [1.54, 1.807) is 30.6 Å². The van der Waals surface area contributed by atoms with Gasteiger partial charge in [0, 0.05) is 18.6 Å². The highest BCUT2D eigenvalue weighted by atomic mass is 35.5. The third-order valence-electron chi connectivity index (χ3n) is 7.66. The Balaban J connectivity index is 0.000000441. The Hall–Kier alpha value is -4.32. The van der Waals surface area contributed by atoms with Gasteiger partial charge in [0.1, 0.15) is 17.9 Å². The molecule has 3 aromatic carbocycles. The highest BCUT2D eigenvalue weighted by molar-refractivity contribution is 7.57. The Labute approximate surface area is 299 Å². The molecule has 5 aromatic rings. The van der Waals surface area contributed by atoms with Gasteiger partial charge in [-0.1, -0.05) is 78.9 Å². The van der Waals surface area contributed by atoms with Gasteiger partial charge in [-0.25, -0.2) is 10.1 Å². The van der Waals surface area contributed by atoms with Crippen molar-refractivity contribution >= 4 is 48.6 Å². The van der Waals surface area contributed by atoms with E-state index >= 15 is 0 Å². The molecule has 266 valence electrons. The summed E-state index contributed by atoms with van der Waals surface area (Å²) in [5, 5.41) is 6.32. The quantitative estimate of drug-likeness (QED) is 0.0694. The van der Waals surface area contributed by atoms with Crippen LogP contribution in [0.3, 0.4) is 0 Å². The fraction of sp³-hybridized carbons (Fsp3) is 0.333. The van der Waals surface area contributed by atoms with E-state index in [4.69, 9.17) is 20.7 Å². The number of nitrogen functional groups attached to an aromatic ring is 1. The number of ether oxygens (including phenoxy) is 1. The predicted molar refractivity (Wildman–Crippen MR) is 201 cm³/mol. The second-order valence-electron chi connectivity index (χ2n) is 12.2. The second-order valence-corrected chi connectivity index (χ2v) is 14.3. The number of rotatable bonds is 16. The lowest BCUT2D eigenvalue weighted by Gasteiger charge is -2.25. The average Bonchev–Trinajstić information content (AvgIpc) is 3.81. The number of carbonyl (C=O) groups excluding carboxylic acids is 1. The van der Waals surface area contributed by atoms with E-state index in [1.807, 2.05) is 66.1 Å². The van der Waals surface area contributed by atoms with Crippen LogP contribution in [0.5, 0.6) is 5.75 Å². The van der Waals surface area contributed by atoms with Gasteiger partial charge in [-0.2, -0.15) is 9.97 Å². The number of carbonyl (C=O) groups is 1. The maximum absolute atomic E-state index is 14.0. The summed E-state index contributed by atoms with van der Waals surface area (Å²) in [6.45, 7) is 4.08. The molecule has 2 heterocycles. The molecular weight excluding hydrogens is 675 g/mol. The fourth-order valence-electron chi connectivity index (χ4n) is 5.09. The zero-order valence-corrected chi connectivity index (χ0v) is 30.1. The van der Waals surface area contributed by atoms with Gasteiger partial charge in [-0.15, -0.1) is 12.4 Å². The van der Waals surface area contributed by atoms with Crippen LogP contribution < -0.4 is 26.4 Å². The minimum atomic E-state index is -3.64. The van der Waals surface area contributed by atoms with Gasteiger partial charge in [0.15, 0.2) is 17.0 Å². The number of anilines is 2. The number of nitrogens with zero attached hydrogens (tertiary/aromatic N) is 4. The van der Waals surface area contributed by atoms with E-state index in [9.17, 15) is 9.36 Å². The van der Waals surface area contributed by atoms with Crippen LogP contribution in [0.2, 0.25) is 0 Å². The number of hydrogen-bond donors (Lipinski definition) is 4. The minimum Gasteiger partial charge on any atom is -0.431 e. The average molecular weight is 721 g/mol. The van der Waals surface area contributed by atoms with Crippen LogP contribution in [-0.2, 0) is 33.5 Å². The van der Waals surface area contributed by atoms with Crippen molar-refractivity contribution in [3.05, 3.63) is 108 Å². The first-order valence-electron chi connectivity index (χ1n) is 16.5. The lowest BCUT2D eigenvalue weighted by atomic mass is 10.0. The van der Waals surface area contributed by atoms with Gasteiger partial charge >= 0.3 is 7.52 Å². The van der Waals surface area contributed by atoms with Gasteiger partial charge in [0.05, 0.1) is 19.0 Å². The molecule has 2 aromatic heterocycles. The number of halogens is 1. The van der Waals surface area contributed by atoms with Crippen LogP contribution in [0.15, 0.2) is 97.3 Å². The Bertz CT molecular complexity index is 1830. The largest absolute Gasteiger partial charge is 0.431 e. The Kier molecular flexibility index (Phi) is 14.3. The van der Waals surface area contributed by atoms with Crippen molar-refractivity contribution in [1.29, 1.82) is 0 Å². The molecule has 50 heavy (non-hydrogen) atoms. The van der Waals surface area contributed by atoms with Crippen molar-refractivity contribution in [2.75, 3.05) is 24.0 Å². The monoisotopic (exact) mass is 720 g/mol. The first-order chi connectivity index (χ1) is 23.7. The number of benzene rings is 3. The predicted octanol–water partition coefficient (Wildman–Crippen LogP) is 6.02. The molecule has 3 atom stereocenters. The molecule has 1 saturated carbocycles. The standard InChI is InChI=1S/C27H32N7O4P.C9H13N.ClH/c1-19(35)23(16-20-8-4-2-5-9-20)33-39(36,38-22-10-6-3-7-11-22)18-37-15-14-34-17-29-24-25(30-21-12-13-21)31-27(28)32-26(24)34;1-8(10)7-9-5-3-2-4-6-9;/h2-11,17,21,23H,12-16,18H2,1H3,(H,33,36)(H3,28,30,31,32);2-6,8H,7,10H2,1H3;1H/t23-,39?;8-;/m01./s1. The Morgan fingerprint density at radius 3 is 2.14 bits per heavy atom. The van der Waals surface area contributed by atoms with E-state index in [-0.39, 0.29) is 43.1 Å². The summed E-state index contributed by atoms with van der Waals surface area (Å²) >= 11 is 0. The van der Waals surface area contributed by atoms with Gasteiger partial charge < -0.3 is 30.6 Å². The molecule has 0 amide bonds. The number of nitrogens with two attached hydrogens (primary N) is 2. The SMILES string of the molecule is CC(=O)[C@H](Cc1ccccc1)NP(=O)(COCCn1cnc2c(NC3CC3)nc(N)nc21)Oc1ccccc1.C[C@@H](N)Cc1ccccc1.Cl. The first-order valence-corrected chi connectivity index (χ1v) is 18.3. The summed E-state index contributed by atoms with van der Waals surface area (Å²) in [6.07, 6.45) is 4.95. The first kappa shape index (κ1) is 38.5. The van der Waals surface area contributed by atoms with Crippen LogP contribution in [0.1, 0.15) is 37.8 Å². The maximum Gasteiger partial charge on any atom is 0.342 e. The van der Waals surface area contributed by atoms with Crippen molar-refractivity contribution < 1.29 is 18.6 Å². The summed E-state index contributed by atoms with van der Waals surface area (Å²) in [5.74, 6) is 1.06. The molecule has 0 radical (unpaired) electrons. The van der Waals surface area contributed by atoms with Crippen molar-refractivity contribution in [2.45, 2.75) is 64.2 Å². The molecule has 0 saturated heterocycles. The number of aromatic nitrogens is 4. The molecule has 1 fully saturated rings. The third kappa shape index (κ3) is 11.9. The molecule has 1 aliphatic carbocycles. The zero-order valence-electron chi connectivity index (χ0n) is 28.4.